The Morgan fingerprint density at radius 1 is 1.53 bits per heavy atom. The summed E-state index contributed by atoms with van der Waals surface area (Å²) in [5, 5.41) is 12.0. The van der Waals surface area contributed by atoms with Crippen LogP contribution in [0.4, 0.5) is 0 Å². The Kier molecular flexibility index (Phi) is 4.54. The highest BCUT2D eigenvalue weighted by atomic mass is 16.5. The van der Waals surface area contributed by atoms with Crippen LogP contribution in [-0.4, -0.2) is 37.4 Å². The Morgan fingerprint density at radius 2 is 2.13 bits per heavy atom. The first-order chi connectivity index (χ1) is 7.07. The zero-order chi connectivity index (χ0) is 11.3. The van der Waals surface area contributed by atoms with Gasteiger partial charge in [0.1, 0.15) is 6.04 Å². The summed E-state index contributed by atoms with van der Waals surface area (Å²) in [7, 11) is 1.52. The van der Waals surface area contributed by atoms with Gasteiger partial charge in [0.25, 0.3) is 0 Å². The second-order valence-corrected chi connectivity index (χ2v) is 4.74. The van der Waals surface area contributed by atoms with Gasteiger partial charge >= 0.3 is 5.97 Å². The Balaban J connectivity index is 2.35. The van der Waals surface area contributed by atoms with Crippen molar-refractivity contribution in [3.8, 4) is 0 Å². The molecule has 0 radical (unpaired) electrons. The Labute approximate surface area is 91.0 Å². The summed E-state index contributed by atoms with van der Waals surface area (Å²) in [6, 6.07) is -0.576. The predicted molar refractivity (Wildman–Crippen MR) is 57.9 cm³/mol. The molecule has 1 unspecified atom stereocenters. The number of carboxylic acids is 1. The van der Waals surface area contributed by atoms with E-state index in [1.807, 2.05) is 0 Å². The molecule has 0 aromatic heterocycles. The average Bonchev–Trinajstić information content (AvgIpc) is 2.60. The van der Waals surface area contributed by atoms with Crippen LogP contribution in [0.3, 0.4) is 0 Å². The van der Waals surface area contributed by atoms with Gasteiger partial charge in [0.2, 0.25) is 0 Å². The van der Waals surface area contributed by atoms with Crippen LogP contribution in [0.1, 0.15) is 32.6 Å². The van der Waals surface area contributed by atoms with Gasteiger partial charge in [0.05, 0.1) is 6.61 Å². The molecule has 1 rings (SSSR count). The third-order valence-electron chi connectivity index (χ3n) is 3.22. The molecule has 1 aliphatic carbocycles. The van der Waals surface area contributed by atoms with Crippen molar-refractivity contribution in [2.24, 2.45) is 5.41 Å². The van der Waals surface area contributed by atoms with Gasteiger partial charge in [-0.1, -0.05) is 19.8 Å². The van der Waals surface area contributed by atoms with Gasteiger partial charge in [-0.05, 0) is 18.3 Å². The minimum atomic E-state index is -0.835. The van der Waals surface area contributed by atoms with Crippen LogP contribution in [0, 0.1) is 5.41 Å². The van der Waals surface area contributed by atoms with Crippen molar-refractivity contribution in [3.05, 3.63) is 0 Å². The van der Waals surface area contributed by atoms with Gasteiger partial charge in [-0.15, -0.1) is 0 Å². The lowest BCUT2D eigenvalue weighted by atomic mass is 9.88. The van der Waals surface area contributed by atoms with Crippen LogP contribution in [0.15, 0.2) is 0 Å². The fourth-order valence-corrected chi connectivity index (χ4v) is 2.16. The summed E-state index contributed by atoms with van der Waals surface area (Å²) >= 11 is 0. The second-order valence-electron chi connectivity index (χ2n) is 4.74. The van der Waals surface area contributed by atoms with Crippen LogP contribution in [0.25, 0.3) is 0 Å². The van der Waals surface area contributed by atoms with E-state index in [-0.39, 0.29) is 12.0 Å². The summed E-state index contributed by atoms with van der Waals surface area (Å²) < 4.78 is 4.87. The Morgan fingerprint density at radius 3 is 2.60 bits per heavy atom. The number of hydrogen-bond donors (Lipinski definition) is 2. The zero-order valence-electron chi connectivity index (χ0n) is 9.58. The summed E-state index contributed by atoms with van der Waals surface area (Å²) in [5.74, 6) is -0.835. The molecule has 88 valence electrons. The minimum Gasteiger partial charge on any atom is -0.480 e. The van der Waals surface area contributed by atoms with Crippen molar-refractivity contribution in [1.82, 2.24) is 5.32 Å². The lowest BCUT2D eigenvalue weighted by Gasteiger charge is -2.26. The van der Waals surface area contributed by atoms with Crippen LogP contribution < -0.4 is 5.32 Å². The quantitative estimate of drug-likeness (QED) is 0.700. The topological polar surface area (TPSA) is 58.6 Å². The molecule has 0 aliphatic heterocycles. The second kappa shape index (κ2) is 5.47. The first-order valence-corrected chi connectivity index (χ1v) is 5.52. The highest BCUT2D eigenvalue weighted by Crippen LogP contribution is 2.36. The molecular weight excluding hydrogens is 194 g/mol. The maximum Gasteiger partial charge on any atom is 0.323 e. The predicted octanol–water partition coefficient (Wildman–Crippen LogP) is 1.26. The summed E-state index contributed by atoms with van der Waals surface area (Å²) in [4.78, 5) is 10.9. The molecule has 0 heterocycles. The summed E-state index contributed by atoms with van der Waals surface area (Å²) in [5.41, 5.74) is 0.279. The van der Waals surface area contributed by atoms with E-state index in [9.17, 15) is 4.79 Å². The molecule has 4 heteroatoms. The molecule has 1 fully saturated rings. The zero-order valence-corrected chi connectivity index (χ0v) is 9.58. The molecule has 0 spiro atoms. The highest BCUT2D eigenvalue weighted by molar-refractivity contribution is 5.73. The fourth-order valence-electron chi connectivity index (χ4n) is 2.16. The lowest BCUT2D eigenvalue weighted by Crippen LogP contribution is -2.44. The molecule has 0 amide bonds. The molecule has 0 bridgehead atoms. The molecule has 1 atom stereocenters. The minimum absolute atomic E-state index is 0.228. The van der Waals surface area contributed by atoms with Crippen LogP contribution in [-0.2, 0) is 9.53 Å². The molecule has 1 saturated carbocycles. The van der Waals surface area contributed by atoms with Crippen molar-refractivity contribution in [2.75, 3.05) is 20.3 Å². The SMILES string of the molecule is COCC(NCC1(C)CCCC1)C(=O)O. The number of carboxylic acid groups (broad SMARTS) is 1. The number of ether oxygens (including phenoxy) is 1. The van der Waals surface area contributed by atoms with E-state index in [1.165, 1.54) is 32.8 Å². The number of hydrogen-bond acceptors (Lipinski definition) is 3. The number of nitrogens with one attached hydrogen (secondary N) is 1. The maximum absolute atomic E-state index is 10.9. The number of carbonyl (C=O) groups is 1. The fraction of sp³-hybridized carbons (Fsp3) is 0.909. The normalized spacial score (nSPS) is 21.5. The van der Waals surface area contributed by atoms with E-state index < -0.39 is 12.0 Å². The summed E-state index contributed by atoms with van der Waals surface area (Å²) in [6.07, 6.45) is 4.92. The molecule has 0 aromatic rings. The summed E-state index contributed by atoms with van der Waals surface area (Å²) in [6.45, 7) is 3.22. The molecule has 0 saturated heterocycles. The van der Waals surface area contributed by atoms with Crippen molar-refractivity contribution in [2.45, 2.75) is 38.6 Å². The number of methoxy groups -OCH3 is 1. The Bertz CT molecular complexity index is 212. The molecule has 2 N–H and O–H groups in total. The first-order valence-electron chi connectivity index (χ1n) is 5.52. The third-order valence-corrected chi connectivity index (χ3v) is 3.22. The smallest absolute Gasteiger partial charge is 0.323 e. The molecule has 4 nitrogen and oxygen atoms in total. The van der Waals surface area contributed by atoms with Crippen LogP contribution >= 0.6 is 0 Å². The van der Waals surface area contributed by atoms with Crippen LogP contribution in [0.5, 0.6) is 0 Å². The molecule has 15 heavy (non-hydrogen) atoms. The number of aliphatic carboxylic acids is 1. The molecular formula is C11H21NO3. The Hall–Kier alpha value is -0.610. The van der Waals surface area contributed by atoms with E-state index in [0.29, 0.717) is 0 Å². The monoisotopic (exact) mass is 215 g/mol. The van der Waals surface area contributed by atoms with E-state index in [1.54, 1.807) is 0 Å². The van der Waals surface area contributed by atoms with Crippen LogP contribution in [0.2, 0.25) is 0 Å². The molecule has 1 aliphatic rings. The van der Waals surface area contributed by atoms with Gasteiger partial charge in [0.15, 0.2) is 0 Å². The highest BCUT2D eigenvalue weighted by Gasteiger charge is 2.30. The van der Waals surface area contributed by atoms with Gasteiger partial charge in [-0.3, -0.25) is 4.79 Å². The largest absolute Gasteiger partial charge is 0.480 e. The van der Waals surface area contributed by atoms with E-state index in [2.05, 4.69) is 12.2 Å². The van der Waals surface area contributed by atoms with Crippen molar-refractivity contribution < 1.29 is 14.6 Å². The van der Waals surface area contributed by atoms with E-state index in [4.69, 9.17) is 9.84 Å². The van der Waals surface area contributed by atoms with E-state index >= 15 is 0 Å². The van der Waals surface area contributed by atoms with Crippen molar-refractivity contribution in [3.63, 3.8) is 0 Å². The van der Waals surface area contributed by atoms with Crippen molar-refractivity contribution >= 4 is 5.97 Å². The standard InChI is InChI=1S/C11H21NO3/c1-11(5-3-4-6-11)8-12-9(7-15-2)10(13)14/h9,12H,3-8H2,1-2H3,(H,13,14). The van der Waals surface area contributed by atoms with Gasteiger partial charge in [-0.2, -0.15) is 0 Å². The lowest BCUT2D eigenvalue weighted by molar-refractivity contribution is -0.141. The van der Waals surface area contributed by atoms with Gasteiger partial charge < -0.3 is 15.2 Å². The maximum atomic E-state index is 10.9. The van der Waals surface area contributed by atoms with E-state index in [0.717, 1.165) is 6.54 Å². The molecule has 0 aromatic carbocycles. The first kappa shape index (κ1) is 12.5. The van der Waals surface area contributed by atoms with Gasteiger partial charge in [-0.25, -0.2) is 0 Å². The van der Waals surface area contributed by atoms with Crippen molar-refractivity contribution in [1.29, 1.82) is 0 Å². The van der Waals surface area contributed by atoms with Gasteiger partial charge in [0, 0.05) is 13.7 Å². The third kappa shape index (κ3) is 3.80. The number of rotatable bonds is 6. The average molecular weight is 215 g/mol.